The van der Waals surface area contributed by atoms with E-state index in [0.29, 0.717) is 25.1 Å². The van der Waals surface area contributed by atoms with E-state index in [-0.39, 0.29) is 5.91 Å². The summed E-state index contributed by atoms with van der Waals surface area (Å²) in [6.07, 6.45) is 1.71. The maximum Gasteiger partial charge on any atom is 0.253 e. The summed E-state index contributed by atoms with van der Waals surface area (Å²) in [5.41, 5.74) is 2.17. The van der Waals surface area contributed by atoms with Crippen LogP contribution in [0.2, 0.25) is 0 Å². The molecule has 0 aliphatic heterocycles. The highest BCUT2D eigenvalue weighted by atomic mass is 32.2. The molecule has 0 aromatic heterocycles. The first-order chi connectivity index (χ1) is 11.9. The van der Waals surface area contributed by atoms with Crippen LogP contribution in [0.1, 0.15) is 16.8 Å². The van der Waals surface area contributed by atoms with E-state index < -0.39 is 10.0 Å². The van der Waals surface area contributed by atoms with Gasteiger partial charge in [-0.1, -0.05) is 30.3 Å². The van der Waals surface area contributed by atoms with E-state index in [2.05, 4.69) is 10.6 Å². The molecule has 2 aromatic rings. The Labute approximate surface area is 148 Å². The summed E-state index contributed by atoms with van der Waals surface area (Å²) in [7, 11) is -1.66. The topological polar surface area (TPSA) is 78.5 Å². The normalized spacial score (nSPS) is 11.3. The van der Waals surface area contributed by atoms with Crippen molar-refractivity contribution in [3.8, 4) is 0 Å². The van der Waals surface area contributed by atoms with Crippen LogP contribution in [-0.2, 0) is 10.0 Å². The molecule has 2 rings (SSSR count). The molecular formula is C18H23N3O3S. The van der Waals surface area contributed by atoms with Gasteiger partial charge in [0.1, 0.15) is 0 Å². The van der Waals surface area contributed by atoms with E-state index in [1.807, 2.05) is 48.5 Å². The lowest BCUT2D eigenvalue weighted by Gasteiger charge is -2.15. The smallest absolute Gasteiger partial charge is 0.253 e. The number of sulfonamides is 1. The van der Waals surface area contributed by atoms with Gasteiger partial charge in [-0.15, -0.1) is 0 Å². The molecule has 1 amide bonds. The average molecular weight is 361 g/mol. The maximum absolute atomic E-state index is 12.4. The lowest BCUT2D eigenvalue weighted by Crippen LogP contribution is -2.31. The molecule has 6 nitrogen and oxygen atoms in total. The molecule has 0 unspecified atom stereocenters. The molecule has 0 aliphatic rings. The number of anilines is 2. The second-order valence-electron chi connectivity index (χ2n) is 5.73. The van der Waals surface area contributed by atoms with Crippen molar-refractivity contribution < 1.29 is 13.2 Å². The highest BCUT2D eigenvalue weighted by Gasteiger charge is 2.12. The Hall–Kier alpha value is -2.38. The quantitative estimate of drug-likeness (QED) is 0.708. The van der Waals surface area contributed by atoms with Gasteiger partial charge in [0.25, 0.3) is 5.91 Å². The first-order valence-electron chi connectivity index (χ1n) is 7.98. The number of hydrogen-bond acceptors (Lipinski definition) is 4. The Balaban J connectivity index is 1.94. The first-order valence-corrected chi connectivity index (χ1v) is 9.83. The van der Waals surface area contributed by atoms with Gasteiger partial charge in [-0.25, -0.2) is 12.7 Å². The van der Waals surface area contributed by atoms with E-state index in [1.165, 1.54) is 11.4 Å². The van der Waals surface area contributed by atoms with Gasteiger partial charge in [0.05, 0.1) is 17.5 Å². The molecule has 134 valence electrons. The molecule has 2 aromatic carbocycles. The Morgan fingerprint density at radius 2 is 1.68 bits per heavy atom. The molecule has 0 radical (unpaired) electrons. The summed E-state index contributed by atoms with van der Waals surface area (Å²) in [5.74, 6) is -0.193. The summed E-state index contributed by atoms with van der Waals surface area (Å²) in [5, 5.41) is 6.07. The summed E-state index contributed by atoms with van der Waals surface area (Å²) < 4.78 is 23.9. The van der Waals surface area contributed by atoms with Crippen LogP contribution >= 0.6 is 0 Å². The Kier molecular flexibility index (Phi) is 6.55. The fourth-order valence-electron chi connectivity index (χ4n) is 2.23. The largest absolute Gasteiger partial charge is 0.355 e. The zero-order valence-corrected chi connectivity index (χ0v) is 15.2. The second-order valence-corrected chi connectivity index (χ2v) is 7.82. The van der Waals surface area contributed by atoms with Crippen LogP contribution < -0.4 is 10.6 Å². The Morgan fingerprint density at radius 1 is 1.04 bits per heavy atom. The molecule has 0 saturated carbocycles. The minimum atomic E-state index is -3.19. The van der Waals surface area contributed by atoms with Crippen LogP contribution in [0.15, 0.2) is 54.6 Å². The minimum Gasteiger partial charge on any atom is -0.355 e. The molecule has 0 fully saturated rings. The zero-order valence-electron chi connectivity index (χ0n) is 14.4. The number of benzene rings is 2. The van der Waals surface area contributed by atoms with Crippen molar-refractivity contribution in [2.45, 2.75) is 6.42 Å². The van der Waals surface area contributed by atoms with Crippen molar-refractivity contribution in [2.24, 2.45) is 0 Å². The van der Waals surface area contributed by atoms with Gasteiger partial charge in [-0.05, 0) is 30.7 Å². The predicted octanol–water partition coefficient (Wildman–Crippen LogP) is 2.44. The lowest BCUT2D eigenvalue weighted by molar-refractivity contribution is 0.0953. The van der Waals surface area contributed by atoms with Gasteiger partial charge in [-0.3, -0.25) is 4.79 Å². The van der Waals surface area contributed by atoms with Crippen molar-refractivity contribution in [3.63, 3.8) is 0 Å². The molecule has 7 heteroatoms. The van der Waals surface area contributed by atoms with Gasteiger partial charge in [0.15, 0.2) is 0 Å². The third-order valence-corrected chi connectivity index (χ3v) is 5.04. The van der Waals surface area contributed by atoms with Gasteiger partial charge < -0.3 is 10.6 Å². The molecule has 0 heterocycles. The Morgan fingerprint density at radius 3 is 2.36 bits per heavy atom. The molecule has 0 saturated heterocycles. The van der Waals surface area contributed by atoms with Gasteiger partial charge in [-0.2, -0.15) is 0 Å². The first kappa shape index (κ1) is 19.0. The number of rotatable bonds is 8. The highest BCUT2D eigenvalue weighted by Crippen LogP contribution is 2.20. The number of hydrogen-bond donors (Lipinski definition) is 2. The summed E-state index contributed by atoms with van der Waals surface area (Å²) in [4.78, 5) is 12.4. The number of carbonyl (C=O) groups excluding carboxylic acids is 1. The van der Waals surface area contributed by atoms with E-state index >= 15 is 0 Å². The molecule has 0 spiro atoms. The summed E-state index contributed by atoms with van der Waals surface area (Å²) >= 11 is 0. The fraction of sp³-hybridized carbons (Fsp3) is 0.278. The third kappa shape index (κ3) is 5.88. The highest BCUT2D eigenvalue weighted by molar-refractivity contribution is 7.88. The van der Waals surface area contributed by atoms with E-state index in [0.717, 1.165) is 17.6 Å². The number of para-hydroxylation sites is 2. The lowest BCUT2D eigenvalue weighted by atomic mass is 10.1. The Bertz CT molecular complexity index is 807. The van der Waals surface area contributed by atoms with Crippen molar-refractivity contribution in [1.82, 2.24) is 9.62 Å². The van der Waals surface area contributed by atoms with Crippen molar-refractivity contribution in [2.75, 3.05) is 31.7 Å². The summed E-state index contributed by atoms with van der Waals surface area (Å²) in [6.45, 7) is 0.765. The fourth-order valence-corrected chi connectivity index (χ4v) is 2.69. The van der Waals surface area contributed by atoms with Gasteiger partial charge in [0.2, 0.25) is 10.0 Å². The number of nitrogens with zero attached hydrogens (tertiary/aromatic N) is 1. The summed E-state index contributed by atoms with van der Waals surface area (Å²) in [6, 6.07) is 16.9. The van der Waals surface area contributed by atoms with Gasteiger partial charge >= 0.3 is 0 Å². The van der Waals surface area contributed by atoms with Crippen LogP contribution in [0.3, 0.4) is 0 Å². The standard InChI is InChI=1S/C18H23N3O3S/c1-21(25(2,23)24)14-8-13-19-18(22)16-11-6-7-12-17(16)20-15-9-4-3-5-10-15/h3-7,9-12,20H,8,13-14H2,1-2H3,(H,19,22). The number of nitrogens with one attached hydrogen (secondary N) is 2. The van der Waals surface area contributed by atoms with Crippen molar-refractivity contribution in [3.05, 3.63) is 60.2 Å². The minimum absolute atomic E-state index is 0.193. The monoisotopic (exact) mass is 361 g/mol. The second kappa shape index (κ2) is 8.64. The van der Waals surface area contributed by atoms with Crippen LogP contribution in [0.5, 0.6) is 0 Å². The molecule has 2 N–H and O–H groups in total. The molecule has 0 bridgehead atoms. The van der Waals surface area contributed by atoms with E-state index in [1.54, 1.807) is 6.07 Å². The zero-order chi connectivity index (χ0) is 18.3. The van der Waals surface area contributed by atoms with Crippen LogP contribution in [0.4, 0.5) is 11.4 Å². The van der Waals surface area contributed by atoms with Crippen LogP contribution in [-0.4, -0.2) is 45.0 Å². The predicted molar refractivity (Wildman–Crippen MR) is 101 cm³/mol. The van der Waals surface area contributed by atoms with Gasteiger partial charge in [0, 0.05) is 25.8 Å². The molecule has 25 heavy (non-hydrogen) atoms. The van der Waals surface area contributed by atoms with Crippen LogP contribution in [0.25, 0.3) is 0 Å². The number of amides is 1. The van der Waals surface area contributed by atoms with E-state index in [9.17, 15) is 13.2 Å². The van der Waals surface area contributed by atoms with Crippen molar-refractivity contribution in [1.29, 1.82) is 0 Å². The van der Waals surface area contributed by atoms with Crippen molar-refractivity contribution >= 4 is 27.3 Å². The van der Waals surface area contributed by atoms with Crippen LogP contribution in [0, 0.1) is 0 Å². The average Bonchev–Trinajstić information content (AvgIpc) is 2.59. The maximum atomic E-state index is 12.4. The number of carbonyl (C=O) groups is 1. The SMILES string of the molecule is CN(CCCNC(=O)c1ccccc1Nc1ccccc1)S(C)(=O)=O. The third-order valence-electron chi connectivity index (χ3n) is 3.73. The molecule has 0 aliphatic carbocycles. The molecule has 0 atom stereocenters. The van der Waals surface area contributed by atoms with E-state index in [4.69, 9.17) is 0 Å². The molecular weight excluding hydrogens is 338 g/mol.